The summed E-state index contributed by atoms with van der Waals surface area (Å²) in [5.41, 5.74) is 5.32. The number of methoxy groups -OCH3 is 1. The first-order valence-corrected chi connectivity index (χ1v) is 8.24. The normalized spacial score (nSPS) is 12.2. The predicted octanol–water partition coefficient (Wildman–Crippen LogP) is 1.72. The third-order valence-corrected chi connectivity index (χ3v) is 4.34. The molecule has 2 aromatic heterocycles. The lowest BCUT2D eigenvalue weighted by atomic mass is 10.1. The predicted molar refractivity (Wildman–Crippen MR) is 95.8 cm³/mol. The van der Waals surface area contributed by atoms with Crippen molar-refractivity contribution in [3.05, 3.63) is 47.0 Å². The smallest absolute Gasteiger partial charge is 0.328 e. The molecule has 0 saturated heterocycles. The highest BCUT2D eigenvalue weighted by Crippen LogP contribution is 2.19. The number of rotatable bonds is 5. The molecule has 0 radical (unpaired) electrons. The summed E-state index contributed by atoms with van der Waals surface area (Å²) >= 11 is 0. The minimum absolute atomic E-state index is 0.215. The number of aryl methyl sites for hydroxylation is 2. The lowest BCUT2D eigenvalue weighted by Gasteiger charge is -2.09. The van der Waals surface area contributed by atoms with E-state index in [0.717, 1.165) is 16.7 Å². The fourth-order valence-corrected chi connectivity index (χ4v) is 2.69. The van der Waals surface area contributed by atoms with Gasteiger partial charge in [0.2, 0.25) is 0 Å². The van der Waals surface area contributed by atoms with Crippen LogP contribution in [0, 0.1) is 13.8 Å². The van der Waals surface area contributed by atoms with Crippen molar-refractivity contribution in [2.75, 3.05) is 7.11 Å². The van der Waals surface area contributed by atoms with E-state index in [0.29, 0.717) is 6.54 Å². The molecule has 0 aliphatic heterocycles. The van der Waals surface area contributed by atoms with Crippen LogP contribution in [0.4, 0.5) is 0 Å². The van der Waals surface area contributed by atoms with E-state index in [1.807, 2.05) is 4.57 Å². The molecule has 8 nitrogen and oxygen atoms in total. The molecule has 2 N–H and O–H groups in total. The standard InChI is InChI=1S/C18H21N5O3/c1-10-5-14-16(6-11(10)2)23(9-19-14)8-13-7-15(22-21-13)17(24)20-12(3)18(25)26-4/h5-7,9,12H,8H2,1-4H3,(H,20,24)(H,21,22). The molecule has 3 rings (SSSR count). The summed E-state index contributed by atoms with van der Waals surface area (Å²) in [6.45, 7) is 6.18. The summed E-state index contributed by atoms with van der Waals surface area (Å²) in [6.07, 6.45) is 1.77. The van der Waals surface area contributed by atoms with Crippen LogP contribution in [0.15, 0.2) is 24.5 Å². The van der Waals surface area contributed by atoms with Crippen LogP contribution in [0.5, 0.6) is 0 Å². The first-order valence-electron chi connectivity index (χ1n) is 8.24. The van der Waals surface area contributed by atoms with Crippen molar-refractivity contribution in [3.63, 3.8) is 0 Å². The second-order valence-electron chi connectivity index (χ2n) is 6.29. The van der Waals surface area contributed by atoms with Crippen molar-refractivity contribution in [1.29, 1.82) is 0 Å². The molecule has 1 unspecified atom stereocenters. The summed E-state index contributed by atoms with van der Waals surface area (Å²) in [5.74, 6) is -0.947. The average molecular weight is 355 g/mol. The van der Waals surface area contributed by atoms with Crippen LogP contribution >= 0.6 is 0 Å². The molecule has 0 aliphatic carbocycles. The van der Waals surface area contributed by atoms with Gasteiger partial charge in [-0.1, -0.05) is 0 Å². The van der Waals surface area contributed by atoms with Crippen molar-refractivity contribution >= 4 is 22.9 Å². The number of aromatic nitrogens is 4. The number of hydrogen-bond donors (Lipinski definition) is 2. The number of fused-ring (bicyclic) bond motifs is 1. The maximum Gasteiger partial charge on any atom is 0.328 e. The van der Waals surface area contributed by atoms with Crippen molar-refractivity contribution in [2.24, 2.45) is 0 Å². The molecule has 136 valence electrons. The van der Waals surface area contributed by atoms with Gasteiger partial charge in [0.1, 0.15) is 11.7 Å². The zero-order chi connectivity index (χ0) is 18.8. The number of benzene rings is 1. The number of carbonyl (C=O) groups is 2. The van der Waals surface area contributed by atoms with E-state index in [9.17, 15) is 9.59 Å². The van der Waals surface area contributed by atoms with Gasteiger partial charge in [-0.15, -0.1) is 0 Å². The lowest BCUT2D eigenvalue weighted by Crippen LogP contribution is -2.39. The lowest BCUT2D eigenvalue weighted by molar-refractivity contribution is -0.142. The summed E-state index contributed by atoms with van der Waals surface area (Å²) in [6, 6.07) is 5.07. The summed E-state index contributed by atoms with van der Waals surface area (Å²) in [7, 11) is 1.27. The molecule has 26 heavy (non-hydrogen) atoms. The molecular weight excluding hydrogens is 334 g/mol. The molecule has 0 bridgehead atoms. The second kappa shape index (κ2) is 6.99. The first kappa shape index (κ1) is 17.7. The fourth-order valence-electron chi connectivity index (χ4n) is 2.69. The third-order valence-electron chi connectivity index (χ3n) is 4.34. The number of esters is 1. The molecule has 8 heteroatoms. The molecule has 1 aromatic carbocycles. The van der Waals surface area contributed by atoms with Crippen LogP contribution in [0.1, 0.15) is 34.2 Å². The van der Waals surface area contributed by atoms with E-state index in [1.54, 1.807) is 19.3 Å². The molecule has 1 amide bonds. The van der Waals surface area contributed by atoms with Crippen LogP contribution in [0.3, 0.4) is 0 Å². The van der Waals surface area contributed by atoms with E-state index in [-0.39, 0.29) is 5.69 Å². The number of carbonyl (C=O) groups excluding carboxylic acids is 2. The Labute approximate surface area is 150 Å². The number of hydrogen-bond acceptors (Lipinski definition) is 5. The van der Waals surface area contributed by atoms with Gasteiger partial charge in [-0.3, -0.25) is 9.89 Å². The van der Waals surface area contributed by atoms with Gasteiger partial charge in [-0.25, -0.2) is 9.78 Å². The van der Waals surface area contributed by atoms with E-state index >= 15 is 0 Å². The van der Waals surface area contributed by atoms with Crippen LogP contribution < -0.4 is 5.32 Å². The average Bonchev–Trinajstić information content (AvgIpc) is 3.23. The molecule has 0 saturated carbocycles. The van der Waals surface area contributed by atoms with Gasteiger partial charge in [0.15, 0.2) is 0 Å². The van der Waals surface area contributed by atoms with E-state index in [4.69, 9.17) is 0 Å². The Bertz CT molecular complexity index is 973. The Morgan fingerprint density at radius 3 is 2.73 bits per heavy atom. The highest BCUT2D eigenvalue weighted by Gasteiger charge is 2.19. The van der Waals surface area contributed by atoms with Crippen molar-refractivity contribution in [2.45, 2.75) is 33.4 Å². The maximum atomic E-state index is 12.2. The summed E-state index contributed by atoms with van der Waals surface area (Å²) in [5, 5.41) is 9.43. The Balaban J connectivity index is 1.76. The second-order valence-corrected chi connectivity index (χ2v) is 6.29. The molecule has 0 fully saturated rings. The van der Waals surface area contributed by atoms with Gasteiger partial charge >= 0.3 is 5.97 Å². The van der Waals surface area contributed by atoms with Gasteiger partial charge in [0, 0.05) is 0 Å². The summed E-state index contributed by atoms with van der Waals surface area (Å²) < 4.78 is 6.58. The van der Waals surface area contributed by atoms with Gasteiger partial charge in [0.05, 0.1) is 36.7 Å². The quantitative estimate of drug-likeness (QED) is 0.679. The number of amides is 1. The van der Waals surface area contributed by atoms with E-state index in [1.165, 1.54) is 18.2 Å². The Morgan fingerprint density at radius 1 is 1.27 bits per heavy atom. The number of H-pyrrole nitrogens is 1. The maximum absolute atomic E-state index is 12.2. The van der Waals surface area contributed by atoms with Crippen molar-refractivity contribution < 1.29 is 14.3 Å². The summed E-state index contributed by atoms with van der Waals surface area (Å²) in [4.78, 5) is 28.0. The van der Waals surface area contributed by atoms with Crippen molar-refractivity contribution in [3.8, 4) is 0 Å². The van der Waals surface area contributed by atoms with Gasteiger partial charge < -0.3 is 14.6 Å². The number of imidazole rings is 1. The number of nitrogens with one attached hydrogen (secondary N) is 2. The van der Waals surface area contributed by atoms with Gasteiger partial charge in [0.25, 0.3) is 5.91 Å². The Hall–Kier alpha value is -3.16. The molecule has 0 spiro atoms. The first-order chi connectivity index (χ1) is 12.4. The number of aromatic amines is 1. The molecule has 1 atom stereocenters. The SMILES string of the molecule is COC(=O)C(C)NC(=O)c1cc(Cn2cnc3cc(C)c(C)cc32)[nH]n1. The highest BCUT2D eigenvalue weighted by molar-refractivity contribution is 5.95. The number of ether oxygens (including phenoxy) is 1. The van der Waals surface area contributed by atoms with E-state index < -0.39 is 17.9 Å². The minimum atomic E-state index is -0.739. The van der Waals surface area contributed by atoms with Gasteiger partial charge in [-0.2, -0.15) is 5.10 Å². The minimum Gasteiger partial charge on any atom is -0.467 e. The molecule has 0 aliphatic rings. The van der Waals surface area contributed by atoms with Crippen LogP contribution in [-0.4, -0.2) is 44.8 Å². The van der Waals surface area contributed by atoms with Crippen LogP contribution in [0.2, 0.25) is 0 Å². The third kappa shape index (κ3) is 3.44. The topological polar surface area (TPSA) is 102 Å². The highest BCUT2D eigenvalue weighted by atomic mass is 16.5. The largest absolute Gasteiger partial charge is 0.467 e. The Morgan fingerprint density at radius 2 is 2.00 bits per heavy atom. The van der Waals surface area contributed by atoms with Crippen molar-refractivity contribution in [1.82, 2.24) is 25.1 Å². The van der Waals surface area contributed by atoms with Crippen LogP contribution in [0.25, 0.3) is 11.0 Å². The van der Waals surface area contributed by atoms with Gasteiger partial charge in [-0.05, 0) is 50.1 Å². The van der Waals surface area contributed by atoms with E-state index in [2.05, 4.69) is 51.2 Å². The molecular formula is C18H21N5O3. The number of nitrogens with zero attached hydrogens (tertiary/aromatic N) is 3. The fraction of sp³-hybridized carbons (Fsp3) is 0.333. The molecule has 3 aromatic rings. The molecule has 2 heterocycles. The monoisotopic (exact) mass is 355 g/mol. The Kier molecular flexibility index (Phi) is 4.75. The zero-order valence-electron chi connectivity index (χ0n) is 15.2. The van der Waals surface area contributed by atoms with Crippen LogP contribution in [-0.2, 0) is 16.1 Å². The zero-order valence-corrected chi connectivity index (χ0v) is 15.2.